The second-order valence-corrected chi connectivity index (χ2v) is 6.91. The van der Waals surface area contributed by atoms with Crippen molar-refractivity contribution >= 4 is 29.0 Å². The predicted molar refractivity (Wildman–Crippen MR) is 115 cm³/mol. The standard InChI is InChI=1S/C21H27N3O3S/c1-5-27-20(25)15-10-12-16(13-11-15)23-21(28)22-14-18(24(2)3)17-8-6-7-9-19(17)26-4/h6-13,18H,5,14H2,1-4H3,(H2,22,23,28)/p+1/t18-/m1/s1. The first-order valence-corrected chi connectivity index (χ1v) is 9.62. The third-order valence-corrected chi connectivity index (χ3v) is 4.58. The zero-order valence-corrected chi connectivity index (χ0v) is 17.6. The topological polar surface area (TPSA) is 64.0 Å². The minimum atomic E-state index is -0.330. The molecule has 0 bridgehead atoms. The first-order valence-electron chi connectivity index (χ1n) is 9.21. The molecule has 7 heteroatoms. The van der Waals surface area contributed by atoms with Gasteiger partial charge in [-0.25, -0.2) is 4.79 Å². The molecule has 0 unspecified atom stereocenters. The van der Waals surface area contributed by atoms with Crippen LogP contribution in [0.4, 0.5) is 5.69 Å². The number of anilines is 1. The van der Waals surface area contributed by atoms with Crippen molar-refractivity contribution in [1.29, 1.82) is 0 Å². The fraction of sp³-hybridized carbons (Fsp3) is 0.333. The van der Waals surface area contributed by atoms with E-state index < -0.39 is 0 Å². The number of nitrogens with one attached hydrogen (secondary N) is 3. The number of quaternary nitrogens is 1. The van der Waals surface area contributed by atoms with E-state index in [1.54, 1.807) is 38.3 Å². The maximum absolute atomic E-state index is 11.7. The minimum Gasteiger partial charge on any atom is -0.496 e. The van der Waals surface area contributed by atoms with Crippen molar-refractivity contribution in [3.8, 4) is 5.75 Å². The monoisotopic (exact) mass is 402 g/mol. The van der Waals surface area contributed by atoms with Gasteiger partial charge in [0.2, 0.25) is 0 Å². The summed E-state index contributed by atoms with van der Waals surface area (Å²) >= 11 is 5.42. The molecule has 0 amide bonds. The summed E-state index contributed by atoms with van der Waals surface area (Å²) in [6.07, 6.45) is 0. The van der Waals surface area contributed by atoms with Crippen molar-refractivity contribution in [2.75, 3.05) is 39.7 Å². The fourth-order valence-electron chi connectivity index (χ4n) is 2.85. The van der Waals surface area contributed by atoms with Gasteiger partial charge in [0.25, 0.3) is 0 Å². The number of esters is 1. The number of likely N-dealkylation sites (N-methyl/N-ethyl adjacent to an activating group) is 1. The number of thiocarbonyl (C=S) groups is 1. The number of benzene rings is 2. The maximum Gasteiger partial charge on any atom is 0.338 e. The van der Waals surface area contributed by atoms with E-state index in [1.807, 2.05) is 18.2 Å². The Morgan fingerprint density at radius 1 is 1.14 bits per heavy atom. The molecule has 28 heavy (non-hydrogen) atoms. The Morgan fingerprint density at radius 2 is 1.82 bits per heavy atom. The molecule has 0 fully saturated rings. The molecule has 0 aliphatic rings. The van der Waals surface area contributed by atoms with Gasteiger partial charge in [0.05, 0.1) is 45.5 Å². The molecular weight excluding hydrogens is 374 g/mol. The highest BCUT2D eigenvalue weighted by Gasteiger charge is 2.21. The van der Waals surface area contributed by atoms with Crippen LogP contribution in [-0.2, 0) is 4.74 Å². The first-order chi connectivity index (χ1) is 13.5. The van der Waals surface area contributed by atoms with Crippen molar-refractivity contribution < 1.29 is 19.2 Å². The molecule has 0 aromatic heterocycles. The van der Waals surface area contributed by atoms with Gasteiger partial charge < -0.3 is 25.0 Å². The number of hydrogen-bond donors (Lipinski definition) is 3. The van der Waals surface area contributed by atoms with Crippen molar-refractivity contribution in [3.63, 3.8) is 0 Å². The molecule has 0 saturated carbocycles. The van der Waals surface area contributed by atoms with Gasteiger partial charge in [0.15, 0.2) is 5.11 Å². The van der Waals surface area contributed by atoms with Crippen LogP contribution >= 0.6 is 12.2 Å². The molecule has 0 radical (unpaired) electrons. The van der Waals surface area contributed by atoms with Crippen LogP contribution < -0.4 is 20.3 Å². The number of rotatable bonds is 8. The highest BCUT2D eigenvalue weighted by atomic mass is 32.1. The van der Waals surface area contributed by atoms with Crippen molar-refractivity contribution in [3.05, 3.63) is 59.7 Å². The van der Waals surface area contributed by atoms with Gasteiger partial charge in [-0.3, -0.25) is 0 Å². The van der Waals surface area contributed by atoms with Gasteiger partial charge in [-0.05, 0) is 55.5 Å². The Kier molecular flexibility index (Phi) is 8.22. The molecule has 3 N–H and O–H groups in total. The third-order valence-electron chi connectivity index (χ3n) is 4.33. The highest BCUT2D eigenvalue weighted by Crippen LogP contribution is 2.22. The quantitative estimate of drug-likeness (QED) is 0.464. The molecule has 6 nitrogen and oxygen atoms in total. The molecule has 150 valence electrons. The van der Waals surface area contributed by atoms with Crippen molar-refractivity contribution in [2.24, 2.45) is 0 Å². The van der Waals surface area contributed by atoms with E-state index in [0.29, 0.717) is 23.8 Å². The number of para-hydroxylation sites is 1. The van der Waals surface area contributed by atoms with Gasteiger partial charge in [0, 0.05) is 5.69 Å². The first kappa shape index (κ1) is 21.7. The van der Waals surface area contributed by atoms with E-state index in [-0.39, 0.29) is 12.0 Å². The van der Waals surface area contributed by atoms with E-state index in [2.05, 4.69) is 30.8 Å². The molecule has 0 aliphatic carbocycles. The number of hydrogen-bond acceptors (Lipinski definition) is 4. The zero-order valence-electron chi connectivity index (χ0n) is 16.7. The van der Waals surface area contributed by atoms with E-state index in [0.717, 1.165) is 17.0 Å². The summed E-state index contributed by atoms with van der Waals surface area (Å²) in [4.78, 5) is 13.0. The van der Waals surface area contributed by atoms with Crippen LogP contribution in [0.2, 0.25) is 0 Å². The highest BCUT2D eigenvalue weighted by molar-refractivity contribution is 7.80. The lowest BCUT2D eigenvalue weighted by Crippen LogP contribution is -3.07. The number of ether oxygens (including phenoxy) is 2. The summed E-state index contributed by atoms with van der Waals surface area (Å²) in [5, 5.41) is 6.93. The Hall–Kier alpha value is -2.64. The van der Waals surface area contributed by atoms with Gasteiger partial charge >= 0.3 is 5.97 Å². The molecule has 0 heterocycles. The smallest absolute Gasteiger partial charge is 0.338 e. The van der Waals surface area contributed by atoms with E-state index >= 15 is 0 Å². The lowest BCUT2D eigenvalue weighted by atomic mass is 10.0. The lowest BCUT2D eigenvalue weighted by Gasteiger charge is -2.24. The second kappa shape index (κ2) is 10.6. The van der Waals surface area contributed by atoms with E-state index in [1.165, 1.54) is 4.90 Å². The SMILES string of the molecule is CCOC(=O)c1ccc(NC(=S)NC[C@H](c2ccccc2OC)[NH+](C)C)cc1. The lowest BCUT2D eigenvalue weighted by molar-refractivity contribution is -0.890. The van der Waals surface area contributed by atoms with Crippen molar-refractivity contribution in [1.82, 2.24) is 5.32 Å². The summed E-state index contributed by atoms with van der Waals surface area (Å²) in [7, 11) is 5.88. The molecule has 0 saturated heterocycles. The predicted octanol–water partition coefficient (Wildman–Crippen LogP) is 2.04. The molecule has 2 aromatic rings. The fourth-order valence-corrected chi connectivity index (χ4v) is 3.05. The van der Waals surface area contributed by atoms with Gasteiger partial charge in [-0.2, -0.15) is 0 Å². The number of methoxy groups -OCH3 is 1. The van der Waals surface area contributed by atoms with Crippen molar-refractivity contribution in [2.45, 2.75) is 13.0 Å². The van der Waals surface area contributed by atoms with Gasteiger partial charge in [0.1, 0.15) is 11.8 Å². The summed E-state index contributed by atoms with van der Waals surface area (Å²) in [5.41, 5.74) is 2.44. The molecule has 2 aromatic carbocycles. The average Bonchev–Trinajstić information content (AvgIpc) is 2.69. The van der Waals surface area contributed by atoms with E-state index in [9.17, 15) is 4.79 Å². The van der Waals surface area contributed by atoms with Gasteiger partial charge in [-0.1, -0.05) is 12.1 Å². The van der Waals surface area contributed by atoms with Crippen LogP contribution in [0.15, 0.2) is 48.5 Å². The second-order valence-electron chi connectivity index (χ2n) is 6.50. The zero-order chi connectivity index (χ0) is 20.5. The van der Waals surface area contributed by atoms with Crippen LogP contribution in [0.25, 0.3) is 0 Å². The number of carbonyl (C=O) groups is 1. The molecule has 2 rings (SSSR count). The minimum absolute atomic E-state index is 0.169. The van der Waals surface area contributed by atoms with Crippen LogP contribution in [-0.4, -0.2) is 45.4 Å². The number of carbonyl (C=O) groups excluding carboxylic acids is 1. The Bertz CT molecular complexity index is 794. The summed E-state index contributed by atoms with van der Waals surface area (Å²) < 4.78 is 10.5. The summed E-state index contributed by atoms with van der Waals surface area (Å²) in [6, 6.07) is 15.2. The van der Waals surface area contributed by atoms with Crippen LogP contribution in [0.5, 0.6) is 5.75 Å². The normalized spacial score (nSPS) is 11.6. The Labute approximate surface area is 171 Å². The van der Waals surface area contributed by atoms with Crippen LogP contribution in [0.1, 0.15) is 28.9 Å². The van der Waals surface area contributed by atoms with Gasteiger partial charge in [-0.15, -0.1) is 0 Å². The largest absolute Gasteiger partial charge is 0.496 e. The molecule has 1 atom stereocenters. The Morgan fingerprint density at radius 3 is 2.43 bits per heavy atom. The average molecular weight is 403 g/mol. The molecule has 0 spiro atoms. The molecular formula is C21H28N3O3S+. The summed E-state index contributed by atoms with van der Waals surface area (Å²) in [5.74, 6) is 0.535. The summed E-state index contributed by atoms with van der Waals surface area (Å²) in [6.45, 7) is 2.79. The van der Waals surface area contributed by atoms with Crippen LogP contribution in [0.3, 0.4) is 0 Å². The molecule has 0 aliphatic heterocycles. The maximum atomic E-state index is 11.7. The third kappa shape index (κ3) is 5.94. The Balaban J connectivity index is 1.97. The van der Waals surface area contributed by atoms with E-state index in [4.69, 9.17) is 21.7 Å². The van der Waals surface area contributed by atoms with Crippen LogP contribution in [0, 0.1) is 0 Å².